The van der Waals surface area contributed by atoms with Crippen LogP contribution in [0.4, 0.5) is 4.39 Å². The molecule has 24 heavy (non-hydrogen) atoms. The highest BCUT2D eigenvalue weighted by atomic mass is 19.1. The van der Waals surface area contributed by atoms with Crippen molar-refractivity contribution in [1.82, 2.24) is 5.32 Å². The Labute approximate surface area is 139 Å². The van der Waals surface area contributed by atoms with E-state index in [-0.39, 0.29) is 24.4 Å². The molecule has 1 heterocycles. The van der Waals surface area contributed by atoms with Crippen molar-refractivity contribution in [2.45, 2.75) is 13.0 Å². The predicted molar refractivity (Wildman–Crippen MR) is 85.9 cm³/mol. The molecule has 2 aromatic carbocycles. The number of hydrogen-bond donors (Lipinski definition) is 1. The van der Waals surface area contributed by atoms with Gasteiger partial charge in [-0.15, -0.1) is 0 Å². The second-order valence-electron chi connectivity index (χ2n) is 5.43. The topological polar surface area (TPSA) is 56.8 Å². The van der Waals surface area contributed by atoms with Crippen molar-refractivity contribution >= 4 is 5.91 Å². The van der Waals surface area contributed by atoms with E-state index in [0.717, 1.165) is 5.56 Å². The van der Waals surface area contributed by atoms with Crippen LogP contribution in [0.1, 0.15) is 18.5 Å². The zero-order valence-electron chi connectivity index (χ0n) is 13.3. The lowest BCUT2D eigenvalue weighted by Crippen LogP contribution is -2.31. The summed E-state index contributed by atoms with van der Waals surface area (Å²) in [7, 11) is 0. The molecule has 0 unspecified atom stereocenters. The van der Waals surface area contributed by atoms with Crippen molar-refractivity contribution in [2.75, 3.05) is 19.8 Å². The summed E-state index contributed by atoms with van der Waals surface area (Å²) in [5.41, 5.74) is 0.911. The maximum Gasteiger partial charge on any atom is 0.258 e. The first-order valence-electron chi connectivity index (χ1n) is 7.69. The first-order valence-corrected chi connectivity index (χ1v) is 7.69. The summed E-state index contributed by atoms with van der Waals surface area (Å²) in [6, 6.07) is 10.9. The summed E-state index contributed by atoms with van der Waals surface area (Å²) in [6.07, 6.45) is 0. The van der Waals surface area contributed by atoms with Gasteiger partial charge in [0.25, 0.3) is 5.91 Å². The first kappa shape index (κ1) is 16.1. The van der Waals surface area contributed by atoms with Crippen LogP contribution in [0.25, 0.3) is 0 Å². The lowest BCUT2D eigenvalue weighted by molar-refractivity contribution is -0.123. The zero-order chi connectivity index (χ0) is 16.9. The van der Waals surface area contributed by atoms with Gasteiger partial charge in [-0.05, 0) is 48.9 Å². The quantitative estimate of drug-likeness (QED) is 0.915. The highest BCUT2D eigenvalue weighted by molar-refractivity contribution is 5.78. The van der Waals surface area contributed by atoms with Crippen LogP contribution in [-0.2, 0) is 4.79 Å². The molecular formula is C18H18FNO4. The summed E-state index contributed by atoms with van der Waals surface area (Å²) in [5, 5.41) is 2.85. The standard InChI is InChI=1S/C18H18FNO4/c1-12(13-2-7-16-17(10-13)23-9-8-22-16)20-18(21)11-24-15-5-3-14(19)4-6-15/h2-7,10,12H,8-9,11H2,1H3,(H,20,21)/t12-/m0/s1. The van der Waals surface area contributed by atoms with Crippen LogP contribution in [0.3, 0.4) is 0 Å². The van der Waals surface area contributed by atoms with E-state index in [1.54, 1.807) is 0 Å². The Bertz CT molecular complexity index is 717. The molecule has 0 aromatic heterocycles. The smallest absolute Gasteiger partial charge is 0.258 e. The van der Waals surface area contributed by atoms with E-state index >= 15 is 0 Å². The number of halogens is 1. The fraction of sp³-hybridized carbons (Fsp3) is 0.278. The Balaban J connectivity index is 1.55. The first-order chi connectivity index (χ1) is 11.6. The number of fused-ring (bicyclic) bond motifs is 1. The number of benzene rings is 2. The Hall–Kier alpha value is -2.76. The molecule has 1 amide bonds. The Kier molecular flexibility index (Phi) is 4.84. The molecule has 0 spiro atoms. The van der Waals surface area contributed by atoms with Gasteiger partial charge in [-0.25, -0.2) is 4.39 Å². The molecule has 0 radical (unpaired) electrons. The molecule has 0 saturated heterocycles. The maximum absolute atomic E-state index is 12.8. The van der Waals surface area contributed by atoms with E-state index in [4.69, 9.17) is 14.2 Å². The van der Waals surface area contributed by atoms with Crippen LogP contribution in [0, 0.1) is 5.82 Å². The van der Waals surface area contributed by atoms with Crippen molar-refractivity contribution in [2.24, 2.45) is 0 Å². The van der Waals surface area contributed by atoms with Gasteiger partial charge in [-0.2, -0.15) is 0 Å². The molecule has 1 atom stereocenters. The third-order valence-corrected chi connectivity index (χ3v) is 3.63. The summed E-state index contributed by atoms with van der Waals surface area (Å²) < 4.78 is 29.2. The van der Waals surface area contributed by atoms with E-state index in [2.05, 4.69) is 5.32 Å². The number of ether oxygens (including phenoxy) is 3. The fourth-order valence-corrected chi connectivity index (χ4v) is 2.38. The summed E-state index contributed by atoms with van der Waals surface area (Å²) >= 11 is 0. The van der Waals surface area contributed by atoms with Crippen molar-refractivity contribution in [3.05, 3.63) is 53.8 Å². The second-order valence-corrected chi connectivity index (χ2v) is 5.43. The van der Waals surface area contributed by atoms with E-state index < -0.39 is 0 Å². The Morgan fingerprint density at radius 2 is 1.88 bits per heavy atom. The lowest BCUT2D eigenvalue weighted by atomic mass is 10.1. The molecule has 0 bridgehead atoms. The zero-order valence-corrected chi connectivity index (χ0v) is 13.3. The van der Waals surface area contributed by atoms with Crippen molar-refractivity contribution in [3.8, 4) is 17.2 Å². The molecule has 0 saturated carbocycles. The minimum atomic E-state index is -0.348. The van der Waals surface area contributed by atoms with Crippen LogP contribution in [0.2, 0.25) is 0 Å². The van der Waals surface area contributed by atoms with Crippen LogP contribution >= 0.6 is 0 Å². The van der Waals surface area contributed by atoms with E-state index in [9.17, 15) is 9.18 Å². The van der Waals surface area contributed by atoms with Gasteiger partial charge in [-0.3, -0.25) is 4.79 Å². The minimum Gasteiger partial charge on any atom is -0.486 e. The average Bonchev–Trinajstić information content (AvgIpc) is 2.61. The molecule has 5 nitrogen and oxygen atoms in total. The number of hydrogen-bond acceptors (Lipinski definition) is 4. The van der Waals surface area contributed by atoms with Gasteiger partial charge in [0.1, 0.15) is 24.8 Å². The second kappa shape index (κ2) is 7.21. The number of amides is 1. The highest BCUT2D eigenvalue weighted by Crippen LogP contribution is 2.32. The van der Waals surface area contributed by atoms with Gasteiger partial charge >= 0.3 is 0 Å². The Morgan fingerprint density at radius 3 is 2.62 bits per heavy atom. The number of nitrogens with one attached hydrogen (secondary N) is 1. The van der Waals surface area contributed by atoms with Gasteiger partial charge in [0.15, 0.2) is 18.1 Å². The van der Waals surface area contributed by atoms with E-state index in [1.807, 2.05) is 25.1 Å². The largest absolute Gasteiger partial charge is 0.486 e. The van der Waals surface area contributed by atoms with Crippen molar-refractivity contribution in [1.29, 1.82) is 0 Å². The fourth-order valence-electron chi connectivity index (χ4n) is 2.38. The molecule has 6 heteroatoms. The average molecular weight is 331 g/mol. The molecule has 126 valence electrons. The van der Waals surface area contributed by atoms with Gasteiger partial charge in [0, 0.05) is 0 Å². The van der Waals surface area contributed by atoms with Crippen LogP contribution in [-0.4, -0.2) is 25.7 Å². The van der Waals surface area contributed by atoms with Gasteiger partial charge in [0.05, 0.1) is 6.04 Å². The van der Waals surface area contributed by atoms with Gasteiger partial charge < -0.3 is 19.5 Å². The van der Waals surface area contributed by atoms with Gasteiger partial charge in [-0.1, -0.05) is 6.07 Å². The monoisotopic (exact) mass is 331 g/mol. The predicted octanol–water partition coefficient (Wildman–Crippen LogP) is 2.85. The third-order valence-electron chi connectivity index (χ3n) is 3.63. The summed E-state index contributed by atoms with van der Waals surface area (Å²) in [5.74, 6) is 1.23. The number of carbonyl (C=O) groups is 1. The number of carbonyl (C=O) groups excluding carboxylic acids is 1. The van der Waals surface area contributed by atoms with Crippen LogP contribution in [0.15, 0.2) is 42.5 Å². The van der Waals surface area contributed by atoms with Crippen LogP contribution < -0.4 is 19.5 Å². The minimum absolute atomic E-state index is 0.138. The Morgan fingerprint density at radius 1 is 1.17 bits per heavy atom. The maximum atomic E-state index is 12.8. The molecule has 2 aromatic rings. The molecule has 0 fully saturated rings. The SMILES string of the molecule is C[C@H](NC(=O)COc1ccc(F)cc1)c1ccc2c(c1)OCCO2. The third kappa shape index (κ3) is 3.95. The van der Waals surface area contributed by atoms with Gasteiger partial charge in [0.2, 0.25) is 0 Å². The molecule has 1 N–H and O–H groups in total. The van der Waals surface area contributed by atoms with Crippen molar-refractivity contribution in [3.63, 3.8) is 0 Å². The highest BCUT2D eigenvalue weighted by Gasteiger charge is 2.16. The van der Waals surface area contributed by atoms with E-state index in [0.29, 0.717) is 30.5 Å². The molecule has 1 aliphatic rings. The lowest BCUT2D eigenvalue weighted by Gasteiger charge is -2.21. The van der Waals surface area contributed by atoms with Crippen molar-refractivity contribution < 1.29 is 23.4 Å². The molecule has 1 aliphatic heterocycles. The van der Waals surface area contributed by atoms with Crippen LogP contribution in [0.5, 0.6) is 17.2 Å². The normalized spacial score (nSPS) is 13.9. The number of rotatable bonds is 5. The summed E-state index contributed by atoms with van der Waals surface area (Å²) in [6.45, 7) is 2.80. The molecule has 0 aliphatic carbocycles. The summed E-state index contributed by atoms with van der Waals surface area (Å²) in [4.78, 5) is 12.0. The molecule has 3 rings (SSSR count). The van der Waals surface area contributed by atoms with E-state index in [1.165, 1.54) is 24.3 Å². The molecular weight excluding hydrogens is 313 g/mol.